The highest BCUT2D eigenvalue weighted by Gasteiger charge is 2.79. The van der Waals surface area contributed by atoms with E-state index in [2.05, 4.69) is 15.9 Å². The third kappa shape index (κ3) is 2.23. The summed E-state index contributed by atoms with van der Waals surface area (Å²) in [7, 11) is 2.88. The van der Waals surface area contributed by atoms with E-state index in [0.717, 1.165) is 0 Å². The third-order valence-corrected chi connectivity index (χ3v) is 9.51. The van der Waals surface area contributed by atoms with Crippen LogP contribution < -0.4 is 0 Å². The standard InChI is InChI=1S/C23H26BrNO6/c1-4-25-19-14(24)10-16-22(20(25)28,21(29)31-3)8-7-17(27)23(16,19)13-9-12-15(26)6-5-11(13)18(12)30-2/h5-8,11-14,16,18-19H,4,9-10H2,1-3H3/t11?,12-,13+,14+,16+,18+,19-,22?,23+/m0/s1. The first-order chi connectivity index (χ1) is 14.8. The molecule has 2 unspecified atom stereocenters. The Morgan fingerprint density at radius 1 is 1.23 bits per heavy atom. The normalized spacial score (nSPS) is 47.3. The van der Waals surface area contributed by atoms with E-state index in [1.807, 2.05) is 13.0 Å². The first-order valence-electron chi connectivity index (χ1n) is 10.8. The van der Waals surface area contributed by atoms with Crippen LogP contribution in [0.1, 0.15) is 19.8 Å². The average Bonchev–Trinajstić information content (AvgIpc) is 3.20. The second-order valence-corrected chi connectivity index (χ2v) is 10.5. The minimum atomic E-state index is -1.52. The number of carbonyl (C=O) groups is 4. The number of allylic oxidation sites excluding steroid dienone is 2. The van der Waals surface area contributed by atoms with Crippen molar-refractivity contribution in [1.29, 1.82) is 0 Å². The quantitative estimate of drug-likeness (QED) is 0.337. The van der Waals surface area contributed by atoms with Gasteiger partial charge in [-0.3, -0.25) is 19.2 Å². The molecule has 9 atom stereocenters. The Labute approximate surface area is 189 Å². The van der Waals surface area contributed by atoms with Crippen LogP contribution in [0.25, 0.3) is 0 Å². The number of carbonyl (C=O) groups excluding carboxylic acids is 4. The molecule has 6 bridgehead atoms. The first-order valence-corrected chi connectivity index (χ1v) is 11.7. The van der Waals surface area contributed by atoms with Crippen molar-refractivity contribution in [2.24, 2.45) is 34.5 Å². The minimum Gasteiger partial charge on any atom is -0.468 e. The Balaban J connectivity index is 1.76. The summed E-state index contributed by atoms with van der Waals surface area (Å²) in [5.41, 5.74) is -2.50. The van der Waals surface area contributed by atoms with E-state index in [1.165, 1.54) is 19.3 Å². The van der Waals surface area contributed by atoms with Crippen molar-refractivity contribution in [2.75, 3.05) is 20.8 Å². The lowest BCUT2D eigenvalue weighted by molar-refractivity contribution is -0.185. The smallest absolute Gasteiger partial charge is 0.325 e. The molecule has 1 heterocycles. The molecule has 0 aromatic heterocycles. The van der Waals surface area contributed by atoms with E-state index in [-0.39, 0.29) is 46.2 Å². The van der Waals surface area contributed by atoms with Crippen molar-refractivity contribution in [3.05, 3.63) is 24.3 Å². The number of esters is 1. The van der Waals surface area contributed by atoms with Crippen molar-refractivity contribution in [3.63, 3.8) is 0 Å². The van der Waals surface area contributed by atoms with Crippen molar-refractivity contribution in [1.82, 2.24) is 4.90 Å². The van der Waals surface area contributed by atoms with Gasteiger partial charge in [-0.05, 0) is 37.8 Å². The highest BCUT2D eigenvalue weighted by molar-refractivity contribution is 9.09. The van der Waals surface area contributed by atoms with E-state index < -0.39 is 28.8 Å². The van der Waals surface area contributed by atoms with Crippen molar-refractivity contribution >= 4 is 39.4 Å². The summed E-state index contributed by atoms with van der Waals surface area (Å²) in [6, 6.07) is -0.393. The number of hydrogen-bond acceptors (Lipinski definition) is 6. The largest absolute Gasteiger partial charge is 0.468 e. The summed E-state index contributed by atoms with van der Waals surface area (Å²) < 4.78 is 10.9. The van der Waals surface area contributed by atoms with E-state index in [0.29, 0.717) is 19.4 Å². The maximum atomic E-state index is 13.9. The Morgan fingerprint density at radius 3 is 2.58 bits per heavy atom. The van der Waals surface area contributed by atoms with Crippen molar-refractivity contribution in [2.45, 2.75) is 36.7 Å². The SMILES string of the molecule is CCN1C(=O)C2(C(=O)OC)C=CC(=O)[C@]3([C@@H]4C[C@H]5C(=O)C=CC4[C@H]5OC)[C@@H]1[C@H](Br)C[C@H]23. The van der Waals surface area contributed by atoms with Gasteiger partial charge >= 0.3 is 5.97 Å². The number of ketones is 2. The molecule has 1 saturated heterocycles. The third-order valence-electron chi connectivity index (χ3n) is 8.64. The second-order valence-electron chi connectivity index (χ2n) is 9.32. The van der Waals surface area contributed by atoms with Gasteiger partial charge < -0.3 is 14.4 Å². The summed E-state index contributed by atoms with van der Waals surface area (Å²) >= 11 is 3.77. The topological polar surface area (TPSA) is 90.0 Å². The summed E-state index contributed by atoms with van der Waals surface area (Å²) in [4.78, 5) is 54.9. The molecule has 5 rings (SSSR count). The number of rotatable bonds is 4. The molecular formula is C23H26BrNO6. The second kappa shape index (κ2) is 6.85. The zero-order chi connectivity index (χ0) is 22.3. The van der Waals surface area contributed by atoms with Gasteiger partial charge in [-0.2, -0.15) is 0 Å². The highest BCUT2D eigenvalue weighted by atomic mass is 79.9. The van der Waals surface area contributed by atoms with Gasteiger partial charge in [0.2, 0.25) is 5.91 Å². The Hall–Kier alpha value is -1.80. The maximum Gasteiger partial charge on any atom is 0.325 e. The summed E-state index contributed by atoms with van der Waals surface area (Å²) in [6.07, 6.45) is 7.09. The van der Waals surface area contributed by atoms with Gasteiger partial charge in [0.05, 0.1) is 24.7 Å². The van der Waals surface area contributed by atoms with E-state index >= 15 is 0 Å². The molecule has 8 heteroatoms. The van der Waals surface area contributed by atoms with E-state index in [1.54, 1.807) is 18.1 Å². The number of likely N-dealkylation sites (tertiary alicyclic amines) is 1. The van der Waals surface area contributed by atoms with E-state index in [9.17, 15) is 19.2 Å². The number of nitrogens with zero attached hydrogens (tertiary/aromatic N) is 1. The minimum absolute atomic E-state index is 0.0157. The van der Waals surface area contributed by atoms with Gasteiger partial charge in [-0.1, -0.05) is 28.1 Å². The number of hydrogen-bond donors (Lipinski definition) is 0. The molecule has 0 aromatic rings. The van der Waals surface area contributed by atoms with Gasteiger partial charge in [-0.25, -0.2) is 0 Å². The van der Waals surface area contributed by atoms with Crippen LogP contribution in [-0.2, 0) is 28.7 Å². The number of amides is 1. The summed E-state index contributed by atoms with van der Waals surface area (Å²) in [6.45, 7) is 2.25. The van der Waals surface area contributed by atoms with Gasteiger partial charge in [0.15, 0.2) is 17.0 Å². The Bertz CT molecular complexity index is 944. The average molecular weight is 492 g/mol. The molecule has 7 nitrogen and oxygen atoms in total. The van der Waals surface area contributed by atoms with E-state index in [4.69, 9.17) is 9.47 Å². The molecule has 3 fully saturated rings. The molecule has 4 aliphatic carbocycles. The highest BCUT2D eigenvalue weighted by Crippen LogP contribution is 2.69. The number of methoxy groups -OCH3 is 2. The summed E-state index contributed by atoms with van der Waals surface area (Å²) in [5, 5.41) is 0. The lowest BCUT2D eigenvalue weighted by atomic mass is 9.48. The molecule has 1 amide bonds. The molecule has 1 aliphatic heterocycles. The van der Waals surface area contributed by atoms with Gasteiger partial charge in [-0.15, -0.1) is 0 Å². The van der Waals surface area contributed by atoms with Crippen LogP contribution in [0.5, 0.6) is 0 Å². The first kappa shape index (κ1) is 21.1. The zero-order valence-electron chi connectivity index (χ0n) is 17.7. The number of alkyl halides is 1. The number of halogens is 1. The molecule has 2 saturated carbocycles. The van der Waals surface area contributed by atoms with Crippen molar-refractivity contribution < 1.29 is 28.7 Å². The predicted octanol–water partition coefficient (Wildman–Crippen LogP) is 1.69. The van der Waals surface area contributed by atoms with Crippen LogP contribution in [0.4, 0.5) is 0 Å². The fraction of sp³-hybridized carbons (Fsp3) is 0.652. The molecule has 5 aliphatic rings. The fourth-order valence-corrected chi connectivity index (χ4v) is 8.75. The number of piperidine rings is 1. The van der Waals surface area contributed by atoms with Gasteiger partial charge in [0, 0.05) is 36.2 Å². The van der Waals surface area contributed by atoms with Crippen molar-refractivity contribution in [3.8, 4) is 0 Å². The van der Waals surface area contributed by atoms with Crippen LogP contribution in [0.2, 0.25) is 0 Å². The van der Waals surface area contributed by atoms with Crippen LogP contribution in [0.3, 0.4) is 0 Å². The van der Waals surface area contributed by atoms with Crippen LogP contribution in [-0.4, -0.2) is 66.1 Å². The Morgan fingerprint density at radius 2 is 1.97 bits per heavy atom. The molecule has 31 heavy (non-hydrogen) atoms. The maximum absolute atomic E-state index is 13.9. The molecule has 0 aromatic carbocycles. The molecule has 166 valence electrons. The van der Waals surface area contributed by atoms with Gasteiger partial charge in [0.1, 0.15) is 0 Å². The van der Waals surface area contributed by atoms with Crippen LogP contribution in [0.15, 0.2) is 24.3 Å². The Kier molecular flexibility index (Phi) is 4.65. The molecular weight excluding hydrogens is 466 g/mol. The molecule has 0 spiro atoms. The van der Waals surface area contributed by atoms with Crippen LogP contribution >= 0.6 is 15.9 Å². The predicted molar refractivity (Wildman–Crippen MR) is 113 cm³/mol. The molecule has 0 radical (unpaired) electrons. The zero-order valence-corrected chi connectivity index (χ0v) is 19.3. The monoisotopic (exact) mass is 491 g/mol. The number of ether oxygens (including phenoxy) is 2. The molecule has 0 N–H and O–H groups in total. The van der Waals surface area contributed by atoms with Gasteiger partial charge in [0.25, 0.3) is 0 Å². The lowest BCUT2D eigenvalue weighted by Gasteiger charge is -2.58. The fourth-order valence-electron chi connectivity index (χ4n) is 7.65. The lowest BCUT2D eigenvalue weighted by Crippen LogP contribution is -2.72. The summed E-state index contributed by atoms with van der Waals surface area (Å²) in [5.74, 6) is -2.16. The van der Waals surface area contributed by atoms with Crippen LogP contribution in [0, 0.1) is 34.5 Å². The number of fused-ring (bicyclic) bond motifs is 2.